The van der Waals surface area contributed by atoms with Gasteiger partial charge in [-0.05, 0) is 19.8 Å². The van der Waals surface area contributed by atoms with Gasteiger partial charge in [0, 0.05) is 57.1 Å². The molecule has 2 unspecified atom stereocenters. The third-order valence-electron chi connectivity index (χ3n) is 4.37. The molecule has 1 saturated carbocycles. The molecule has 2 aliphatic rings. The topological polar surface area (TPSA) is 50.3 Å². The van der Waals surface area contributed by atoms with Crippen molar-refractivity contribution in [2.45, 2.75) is 37.9 Å². The van der Waals surface area contributed by atoms with Crippen molar-refractivity contribution < 1.29 is 0 Å². The number of hydrogen-bond donors (Lipinski definition) is 1. The maximum absolute atomic E-state index is 6.22. The largest absolute Gasteiger partial charge is 0.326 e. The molecule has 5 nitrogen and oxygen atoms in total. The molecular formula is C14H25N5. The van der Waals surface area contributed by atoms with Crippen LogP contribution in [0.1, 0.15) is 31.4 Å². The Hall–Kier alpha value is -0.910. The summed E-state index contributed by atoms with van der Waals surface area (Å²) in [5.74, 6) is 0. The highest BCUT2D eigenvalue weighted by Gasteiger charge is 2.34. The molecule has 1 aliphatic heterocycles. The van der Waals surface area contributed by atoms with E-state index < -0.39 is 0 Å². The fourth-order valence-electron chi connectivity index (χ4n) is 3.26. The van der Waals surface area contributed by atoms with E-state index in [0.717, 1.165) is 19.1 Å². The van der Waals surface area contributed by atoms with Gasteiger partial charge in [0.05, 0.1) is 12.2 Å². The molecule has 1 aliphatic carbocycles. The van der Waals surface area contributed by atoms with Crippen LogP contribution in [0.3, 0.4) is 0 Å². The zero-order chi connectivity index (χ0) is 13.4. The fraction of sp³-hybridized carbons (Fsp3) is 0.786. The maximum atomic E-state index is 6.22. The third-order valence-corrected chi connectivity index (χ3v) is 4.37. The molecule has 106 valence electrons. The highest BCUT2D eigenvalue weighted by molar-refractivity contribution is 5.13. The van der Waals surface area contributed by atoms with Crippen molar-refractivity contribution in [3.8, 4) is 0 Å². The summed E-state index contributed by atoms with van der Waals surface area (Å²) in [5, 5.41) is 4.29. The van der Waals surface area contributed by atoms with Crippen LogP contribution in [0.15, 0.2) is 12.4 Å². The van der Waals surface area contributed by atoms with E-state index >= 15 is 0 Å². The number of aromatic nitrogens is 2. The Morgan fingerprint density at radius 2 is 1.95 bits per heavy atom. The molecular weight excluding hydrogens is 238 g/mol. The van der Waals surface area contributed by atoms with Crippen LogP contribution in [-0.2, 0) is 7.05 Å². The van der Waals surface area contributed by atoms with Crippen molar-refractivity contribution in [1.82, 2.24) is 19.6 Å². The summed E-state index contributed by atoms with van der Waals surface area (Å²) < 4.78 is 1.87. The van der Waals surface area contributed by atoms with E-state index in [1.165, 1.54) is 31.5 Å². The van der Waals surface area contributed by atoms with Crippen LogP contribution in [0.4, 0.5) is 0 Å². The van der Waals surface area contributed by atoms with Gasteiger partial charge < -0.3 is 5.73 Å². The van der Waals surface area contributed by atoms with Crippen molar-refractivity contribution in [3.63, 3.8) is 0 Å². The van der Waals surface area contributed by atoms with Crippen LogP contribution in [0.25, 0.3) is 0 Å². The summed E-state index contributed by atoms with van der Waals surface area (Å²) in [6, 6.07) is 1.32. The molecule has 2 heterocycles. The molecule has 1 saturated heterocycles. The molecule has 0 radical (unpaired) electrons. The number of piperazine rings is 1. The molecule has 2 N–H and O–H groups in total. The zero-order valence-corrected chi connectivity index (χ0v) is 12.0. The van der Waals surface area contributed by atoms with Crippen LogP contribution >= 0.6 is 0 Å². The number of nitrogens with zero attached hydrogens (tertiary/aromatic N) is 4. The van der Waals surface area contributed by atoms with Crippen LogP contribution in [-0.4, -0.2) is 57.8 Å². The smallest absolute Gasteiger partial charge is 0.0538 e. The second-order valence-corrected chi connectivity index (χ2v) is 6.05. The SMILES string of the molecule is CC(N)C(c1cnn(C)c1)N1CCN(C2CC2)CC1. The van der Waals surface area contributed by atoms with Gasteiger partial charge in [-0.3, -0.25) is 14.5 Å². The summed E-state index contributed by atoms with van der Waals surface area (Å²) in [7, 11) is 1.97. The number of hydrogen-bond acceptors (Lipinski definition) is 4. The first kappa shape index (κ1) is 13.1. The molecule has 5 heteroatoms. The molecule has 19 heavy (non-hydrogen) atoms. The van der Waals surface area contributed by atoms with Crippen molar-refractivity contribution in [2.75, 3.05) is 26.2 Å². The minimum absolute atomic E-state index is 0.136. The molecule has 0 bridgehead atoms. The predicted octanol–water partition coefficient (Wildman–Crippen LogP) is 0.588. The van der Waals surface area contributed by atoms with Crippen molar-refractivity contribution in [3.05, 3.63) is 18.0 Å². The van der Waals surface area contributed by atoms with Crippen molar-refractivity contribution in [1.29, 1.82) is 0 Å². The van der Waals surface area contributed by atoms with Crippen LogP contribution in [0, 0.1) is 0 Å². The highest BCUT2D eigenvalue weighted by Crippen LogP contribution is 2.30. The average Bonchev–Trinajstić information content (AvgIpc) is 3.14. The van der Waals surface area contributed by atoms with Crippen LogP contribution in [0.2, 0.25) is 0 Å². The molecule has 0 spiro atoms. The van der Waals surface area contributed by atoms with E-state index in [4.69, 9.17) is 5.73 Å². The van der Waals surface area contributed by atoms with Crippen LogP contribution < -0.4 is 5.73 Å². The quantitative estimate of drug-likeness (QED) is 0.864. The van der Waals surface area contributed by atoms with Crippen LogP contribution in [0.5, 0.6) is 0 Å². The Balaban J connectivity index is 1.67. The van der Waals surface area contributed by atoms with Gasteiger partial charge in [-0.15, -0.1) is 0 Å². The van der Waals surface area contributed by atoms with Gasteiger partial charge in [-0.2, -0.15) is 5.10 Å². The fourth-order valence-corrected chi connectivity index (χ4v) is 3.26. The van der Waals surface area contributed by atoms with E-state index in [1.54, 1.807) is 0 Å². The summed E-state index contributed by atoms with van der Waals surface area (Å²) in [6.07, 6.45) is 6.86. The van der Waals surface area contributed by atoms with E-state index in [0.29, 0.717) is 6.04 Å². The second kappa shape index (κ2) is 5.23. The van der Waals surface area contributed by atoms with E-state index in [-0.39, 0.29) is 6.04 Å². The molecule has 0 amide bonds. The number of nitrogens with two attached hydrogens (primary N) is 1. The molecule has 2 atom stereocenters. The normalized spacial score (nSPS) is 25.4. The lowest BCUT2D eigenvalue weighted by Crippen LogP contribution is -2.51. The Morgan fingerprint density at radius 3 is 2.42 bits per heavy atom. The molecule has 3 rings (SSSR count). The van der Waals surface area contributed by atoms with E-state index in [2.05, 4.69) is 28.0 Å². The summed E-state index contributed by atoms with van der Waals surface area (Å²) in [4.78, 5) is 5.17. The highest BCUT2D eigenvalue weighted by atomic mass is 15.3. The van der Waals surface area contributed by atoms with Gasteiger partial charge in [-0.1, -0.05) is 0 Å². The predicted molar refractivity (Wildman–Crippen MR) is 75.8 cm³/mol. The molecule has 0 aromatic carbocycles. The van der Waals surface area contributed by atoms with Crippen molar-refractivity contribution in [2.24, 2.45) is 12.8 Å². The average molecular weight is 263 g/mol. The van der Waals surface area contributed by atoms with Gasteiger partial charge in [-0.25, -0.2) is 0 Å². The Labute approximate surface area is 115 Å². The first-order valence-electron chi connectivity index (χ1n) is 7.37. The van der Waals surface area contributed by atoms with Gasteiger partial charge >= 0.3 is 0 Å². The zero-order valence-electron chi connectivity index (χ0n) is 12.0. The summed E-state index contributed by atoms with van der Waals surface area (Å²) in [6.45, 7) is 6.72. The second-order valence-electron chi connectivity index (χ2n) is 6.05. The lowest BCUT2D eigenvalue weighted by Gasteiger charge is -2.40. The minimum atomic E-state index is 0.136. The number of aryl methyl sites for hydroxylation is 1. The number of rotatable bonds is 4. The summed E-state index contributed by atoms with van der Waals surface area (Å²) >= 11 is 0. The minimum Gasteiger partial charge on any atom is -0.326 e. The van der Waals surface area contributed by atoms with Gasteiger partial charge in [0.2, 0.25) is 0 Å². The first-order valence-corrected chi connectivity index (χ1v) is 7.37. The van der Waals surface area contributed by atoms with Gasteiger partial charge in [0.25, 0.3) is 0 Å². The molecule has 1 aromatic heterocycles. The van der Waals surface area contributed by atoms with Gasteiger partial charge in [0.15, 0.2) is 0 Å². The van der Waals surface area contributed by atoms with E-state index in [9.17, 15) is 0 Å². The standard InChI is InChI=1S/C14H25N5/c1-11(15)14(12-9-16-17(2)10-12)19-7-5-18(6-8-19)13-3-4-13/h9-11,13-14H,3-8,15H2,1-2H3. The molecule has 2 fully saturated rings. The Morgan fingerprint density at radius 1 is 1.26 bits per heavy atom. The maximum Gasteiger partial charge on any atom is 0.0538 e. The first-order chi connectivity index (χ1) is 9.15. The third kappa shape index (κ3) is 2.83. The van der Waals surface area contributed by atoms with Crippen molar-refractivity contribution >= 4 is 0 Å². The monoisotopic (exact) mass is 263 g/mol. The van der Waals surface area contributed by atoms with Gasteiger partial charge in [0.1, 0.15) is 0 Å². The lowest BCUT2D eigenvalue weighted by molar-refractivity contribution is 0.0826. The van der Waals surface area contributed by atoms with E-state index in [1.807, 2.05) is 17.9 Å². The Bertz CT molecular complexity index is 415. The molecule has 1 aromatic rings. The summed E-state index contributed by atoms with van der Waals surface area (Å²) in [5.41, 5.74) is 7.47. The Kier molecular flexibility index (Phi) is 3.60. The lowest BCUT2D eigenvalue weighted by atomic mass is 10.0.